The molecule has 0 radical (unpaired) electrons. The predicted octanol–water partition coefficient (Wildman–Crippen LogP) is 2.03. The van der Waals surface area contributed by atoms with Crippen molar-refractivity contribution in [2.24, 2.45) is 0 Å². The van der Waals surface area contributed by atoms with Crippen molar-refractivity contribution < 1.29 is 24.2 Å². The third kappa shape index (κ3) is 3.52. The number of amides is 2. The highest BCUT2D eigenvalue weighted by Gasteiger charge is 2.17. The van der Waals surface area contributed by atoms with E-state index in [4.69, 9.17) is 21.1 Å². The molecule has 0 fully saturated rings. The largest absolute Gasteiger partial charge is 0.506 e. The molecule has 2 amide bonds. The summed E-state index contributed by atoms with van der Waals surface area (Å²) in [5, 5.41) is 14.7. The molecule has 1 aliphatic heterocycles. The number of nitrogens with one attached hydrogen (secondary N) is 2. The molecule has 0 spiro atoms. The van der Waals surface area contributed by atoms with E-state index < -0.39 is 11.8 Å². The minimum absolute atomic E-state index is 0.0609. The smallest absolute Gasteiger partial charge is 0.313 e. The van der Waals surface area contributed by atoms with Gasteiger partial charge in [-0.25, -0.2) is 0 Å². The van der Waals surface area contributed by atoms with E-state index in [1.807, 2.05) is 0 Å². The Labute approximate surface area is 142 Å². The molecule has 3 rings (SSSR count). The van der Waals surface area contributed by atoms with Crippen molar-refractivity contribution in [3.8, 4) is 17.2 Å². The van der Waals surface area contributed by atoms with Gasteiger partial charge in [-0.05, 0) is 35.9 Å². The van der Waals surface area contributed by atoms with E-state index in [0.29, 0.717) is 16.5 Å². The fourth-order valence-corrected chi connectivity index (χ4v) is 2.27. The summed E-state index contributed by atoms with van der Waals surface area (Å²) >= 11 is 5.78. The Morgan fingerprint density at radius 1 is 1.08 bits per heavy atom. The van der Waals surface area contributed by atoms with Gasteiger partial charge in [-0.1, -0.05) is 17.7 Å². The first kappa shape index (κ1) is 15.9. The summed E-state index contributed by atoms with van der Waals surface area (Å²) in [6, 6.07) is 9.35. The molecule has 0 bridgehead atoms. The number of ether oxygens (including phenoxy) is 2. The van der Waals surface area contributed by atoms with E-state index in [9.17, 15) is 14.7 Å². The first-order valence-electron chi connectivity index (χ1n) is 6.99. The van der Waals surface area contributed by atoms with Crippen molar-refractivity contribution in [1.29, 1.82) is 0 Å². The molecular formula is C16H13ClN2O5. The van der Waals surface area contributed by atoms with Gasteiger partial charge < -0.3 is 25.2 Å². The number of phenolic OH excluding ortho intramolecular Hbond substituents is 1. The Balaban J connectivity index is 1.58. The molecule has 1 aliphatic rings. The van der Waals surface area contributed by atoms with E-state index in [-0.39, 0.29) is 24.8 Å². The molecule has 2 aromatic carbocycles. The van der Waals surface area contributed by atoms with Crippen LogP contribution in [0.5, 0.6) is 17.2 Å². The molecule has 0 saturated carbocycles. The lowest BCUT2D eigenvalue weighted by atomic mass is 10.2. The van der Waals surface area contributed by atoms with E-state index in [2.05, 4.69) is 10.6 Å². The summed E-state index contributed by atoms with van der Waals surface area (Å²) in [6.07, 6.45) is 0. The van der Waals surface area contributed by atoms with Gasteiger partial charge in [0.25, 0.3) is 0 Å². The standard InChI is InChI=1S/C16H13ClN2O5/c17-10-2-3-12(20)11(6-10)19-16(22)15(21)18-7-9-1-4-13-14(5-9)24-8-23-13/h1-6,20H,7-8H2,(H,18,21)(H,19,22). The van der Waals surface area contributed by atoms with Gasteiger partial charge in [-0.15, -0.1) is 0 Å². The van der Waals surface area contributed by atoms with Gasteiger partial charge in [0.1, 0.15) is 5.75 Å². The number of aromatic hydroxyl groups is 1. The number of halogens is 1. The lowest BCUT2D eigenvalue weighted by Crippen LogP contribution is -2.34. The Bertz CT molecular complexity index is 809. The molecule has 0 aromatic heterocycles. The van der Waals surface area contributed by atoms with E-state index in [1.54, 1.807) is 18.2 Å². The third-order valence-corrected chi connectivity index (χ3v) is 3.54. The molecule has 124 valence electrons. The molecule has 3 N–H and O–H groups in total. The summed E-state index contributed by atoms with van der Waals surface area (Å²) in [5.41, 5.74) is 0.816. The third-order valence-electron chi connectivity index (χ3n) is 3.30. The van der Waals surface area contributed by atoms with Crippen LogP contribution in [0.3, 0.4) is 0 Å². The minimum atomic E-state index is -0.909. The molecule has 2 aromatic rings. The molecule has 24 heavy (non-hydrogen) atoms. The molecule has 8 heteroatoms. The van der Waals surface area contributed by atoms with Crippen LogP contribution < -0.4 is 20.1 Å². The number of carbonyl (C=O) groups is 2. The molecule has 0 atom stereocenters. The number of hydrogen-bond acceptors (Lipinski definition) is 5. The molecule has 0 saturated heterocycles. The highest BCUT2D eigenvalue weighted by molar-refractivity contribution is 6.40. The quantitative estimate of drug-likeness (QED) is 0.582. The molecule has 0 unspecified atom stereocenters. The van der Waals surface area contributed by atoms with Crippen LogP contribution in [0.15, 0.2) is 36.4 Å². The zero-order chi connectivity index (χ0) is 17.1. The van der Waals surface area contributed by atoms with Gasteiger partial charge in [0.2, 0.25) is 6.79 Å². The number of phenols is 1. The Morgan fingerprint density at radius 3 is 2.71 bits per heavy atom. The van der Waals surface area contributed by atoms with Crippen molar-refractivity contribution in [3.05, 3.63) is 47.0 Å². The molecule has 0 aliphatic carbocycles. The number of carbonyl (C=O) groups excluding carboxylic acids is 2. The summed E-state index contributed by atoms with van der Waals surface area (Å²) in [7, 11) is 0. The zero-order valence-electron chi connectivity index (χ0n) is 12.3. The molecule has 7 nitrogen and oxygen atoms in total. The van der Waals surface area contributed by atoms with Crippen LogP contribution >= 0.6 is 11.6 Å². The molecular weight excluding hydrogens is 336 g/mol. The number of rotatable bonds is 3. The maximum Gasteiger partial charge on any atom is 0.313 e. The highest BCUT2D eigenvalue weighted by atomic mass is 35.5. The van der Waals surface area contributed by atoms with Crippen LogP contribution in [0.1, 0.15) is 5.56 Å². The first-order chi connectivity index (χ1) is 11.5. The van der Waals surface area contributed by atoms with Crippen LogP contribution in [0, 0.1) is 0 Å². The second-order valence-electron chi connectivity index (χ2n) is 4.99. The Kier molecular flexibility index (Phi) is 4.43. The van der Waals surface area contributed by atoms with Crippen LogP contribution in [-0.2, 0) is 16.1 Å². The summed E-state index contributed by atoms with van der Waals surface area (Å²) < 4.78 is 10.4. The topological polar surface area (TPSA) is 96.9 Å². The maximum atomic E-state index is 11.9. The fourth-order valence-electron chi connectivity index (χ4n) is 2.10. The van der Waals surface area contributed by atoms with Gasteiger partial charge in [-0.3, -0.25) is 9.59 Å². The first-order valence-corrected chi connectivity index (χ1v) is 7.37. The maximum absolute atomic E-state index is 11.9. The van der Waals surface area contributed by atoms with Gasteiger partial charge >= 0.3 is 11.8 Å². The van der Waals surface area contributed by atoms with Gasteiger partial charge in [-0.2, -0.15) is 0 Å². The Morgan fingerprint density at radius 2 is 1.88 bits per heavy atom. The van der Waals surface area contributed by atoms with Gasteiger partial charge in [0, 0.05) is 11.6 Å². The number of anilines is 1. The van der Waals surface area contributed by atoms with Crippen LogP contribution in [0.2, 0.25) is 5.02 Å². The Hall–Kier alpha value is -2.93. The lowest BCUT2D eigenvalue weighted by Gasteiger charge is -2.08. The average molecular weight is 349 g/mol. The predicted molar refractivity (Wildman–Crippen MR) is 86.2 cm³/mol. The fraction of sp³-hybridized carbons (Fsp3) is 0.125. The molecule has 1 heterocycles. The number of hydrogen-bond donors (Lipinski definition) is 3. The normalized spacial score (nSPS) is 11.9. The second kappa shape index (κ2) is 6.67. The monoisotopic (exact) mass is 348 g/mol. The van der Waals surface area contributed by atoms with E-state index >= 15 is 0 Å². The van der Waals surface area contributed by atoms with Crippen molar-refractivity contribution in [3.63, 3.8) is 0 Å². The van der Waals surface area contributed by atoms with Gasteiger partial charge in [0.15, 0.2) is 11.5 Å². The van der Waals surface area contributed by atoms with Crippen molar-refractivity contribution >= 4 is 29.1 Å². The SMILES string of the molecule is O=C(NCc1ccc2c(c1)OCO2)C(=O)Nc1cc(Cl)ccc1O. The summed E-state index contributed by atoms with van der Waals surface area (Å²) in [4.78, 5) is 23.7. The highest BCUT2D eigenvalue weighted by Crippen LogP contribution is 2.32. The van der Waals surface area contributed by atoms with Crippen LogP contribution in [0.4, 0.5) is 5.69 Å². The van der Waals surface area contributed by atoms with E-state index in [0.717, 1.165) is 5.56 Å². The van der Waals surface area contributed by atoms with Crippen LogP contribution in [-0.4, -0.2) is 23.7 Å². The summed E-state index contributed by atoms with van der Waals surface area (Å²) in [6.45, 7) is 0.307. The summed E-state index contributed by atoms with van der Waals surface area (Å²) in [5.74, 6) is -0.703. The number of fused-ring (bicyclic) bond motifs is 1. The lowest BCUT2D eigenvalue weighted by molar-refractivity contribution is -0.136. The van der Waals surface area contributed by atoms with Gasteiger partial charge in [0.05, 0.1) is 5.69 Å². The van der Waals surface area contributed by atoms with E-state index in [1.165, 1.54) is 18.2 Å². The zero-order valence-corrected chi connectivity index (χ0v) is 13.1. The number of benzene rings is 2. The average Bonchev–Trinajstić information content (AvgIpc) is 3.03. The van der Waals surface area contributed by atoms with Crippen molar-refractivity contribution in [2.75, 3.05) is 12.1 Å². The second-order valence-corrected chi connectivity index (χ2v) is 5.42. The van der Waals surface area contributed by atoms with Crippen molar-refractivity contribution in [1.82, 2.24) is 5.32 Å². The van der Waals surface area contributed by atoms with Crippen molar-refractivity contribution in [2.45, 2.75) is 6.54 Å². The van der Waals surface area contributed by atoms with Crippen LogP contribution in [0.25, 0.3) is 0 Å². The minimum Gasteiger partial charge on any atom is -0.506 e.